The monoisotopic (exact) mass is 453 g/mol. The van der Waals surface area contributed by atoms with E-state index >= 15 is 0 Å². The second kappa shape index (κ2) is 9.70. The molecule has 0 aliphatic carbocycles. The van der Waals surface area contributed by atoms with Gasteiger partial charge in [0.15, 0.2) is 0 Å². The summed E-state index contributed by atoms with van der Waals surface area (Å²) >= 11 is 1.75. The second-order valence-electron chi connectivity index (χ2n) is 8.57. The van der Waals surface area contributed by atoms with Crippen molar-refractivity contribution < 1.29 is 9.47 Å². The number of aryl methyl sites for hydroxylation is 2. The van der Waals surface area contributed by atoms with Crippen molar-refractivity contribution in [3.63, 3.8) is 0 Å². The van der Waals surface area contributed by atoms with Gasteiger partial charge in [-0.25, -0.2) is 9.97 Å². The van der Waals surface area contributed by atoms with E-state index in [1.807, 2.05) is 0 Å². The molecule has 0 amide bonds. The number of hydrogen-bond donors (Lipinski definition) is 2. The highest BCUT2D eigenvalue weighted by atomic mass is 32.1. The Morgan fingerprint density at radius 3 is 2.41 bits per heavy atom. The molecule has 2 aliphatic heterocycles. The van der Waals surface area contributed by atoms with Gasteiger partial charge in [0.25, 0.3) is 0 Å². The lowest BCUT2D eigenvalue weighted by atomic mass is 10.1. The molecule has 7 nitrogen and oxygen atoms in total. The third-order valence-electron chi connectivity index (χ3n) is 6.28. The van der Waals surface area contributed by atoms with Gasteiger partial charge in [-0.05, 0) is 56.5 Å². The maximum Gasteiger partial charge on any atom is 0.146 e. The summed E-state index contributed by atoms with van der Waals surface area (Å²) in [6.07, 6.45) is 2.11. The molecule has 3 aromatic rings. The number of anilines is 3. The zero-order valence-corrected chi connectivity index (χ0v) is 19.6. The van der Waals surface area contributed by atoms with E-state index < -0.39 is 0 Å². The topological polar surface area (TPSA) is 71.5 Å². The molecule has 0 bridgehead atoms. The summed E-state index contributed by atoms with van der Waals surface area (Å²) in [7, 11) is 0. The van der Waals surface area contributed by atoms with Gasteiger partial charge in [-0.3, -0.25) is 4.90 Å². The summed E-state index contributed by atoms with van der Waals surface area (Å²) in [6, 6.07) is 8.99. The first kappa shape index (κ1) is 21.6. The number of aromatic nitrogens is 2. The van der Waals surface area contributed by atoms with Gasteiger partial charge in [-0.1, -0.05) is 0 Å². The Morgan fingerprint density at radius 2 is 1.66 bits per heavy atom. The molecule has 8 heteroatoms. The SMILES string of the molecule is Cc1sc2nc(CN3CCOCC3)nc(Nc3ccc(NC4CCOCC4)cc3)c2c1C. The number of hydrogen-bond acceptors (Lipinski definition) is 8. The van der Waals surface area contributed by atoms with Crippen LogP contribution in [-0.4, -0.2) is 60.4 Å². The highest BCUT2D eigenvalue weighted by molar-refractivity contribution is 7.18. The molecule has 0 atom stereocenters. The Kier molecular flexibility index (Phi) is 6.54. The second-order valence-corrected chi connectivity index (χ2v) is 9.78. The minimum absolute atomic E-state index is 0.489. The fraction of sp³-hybridized carbons (Fsp3) is 0.500. The number of benzene rings is 1. The quantitative estimate of drug-likeness (QED) is 0.570. The van der Waals surface area contributed by atoms with Crippen LogP contribution in [0.2, 0.25) is 0 Å². The zero-order chi connectivity index (χ0) is 21.9. The minimum Gasteiger partial charge on any atom is -0.382 e. The van der Waals surface area contributed by atoms with Crippen molar-refractivity contribution in [2.75, 3.05) is 50.2 Å². The molecule has 32 heavy (non-hydrogen) atoms. The predicted molar refractivity (Wildman–Crippen MR) is 130 cm³/mol. The zero-order valence-electron chi connectivity index (χ0n) is 18.8. The van der Waals surface area contributed by atoms with E-state index in [9.17, 15) is 0 Å². The largest absolute Gasteiger partial charge is 0.382 e. The summed E-state index contributed by atoms with van der Waals surface area (Å²) in [4.78, 5) is 14.6. The molecule has 2 fully saturated rings. The van der Waals surface area contributed by atoms with Crippen LogP contribution in [0.4, 0.5) is 17.2 Å². The van der Waals surface area contributed by atoms with Gasteiger partial charge >= 0.3 is 0 Å². The minimum atomic E-state index is 0.489. The van der Waals surface area contributed by atoms with Crippen molar-refractivity contribution in [2.24, 2.45) is 0 Å². The van der Waals surface area contributed by atoms with Crippen LogP contribution in [0.3, 0.4) is 0 Å². The molecule has 2 N–H and O–H groups in total. The molecular weight excluding hydrogens is 422 g/mol. The van der Waals surface area contributed by atoms with E-state index in [1.165, 1.54) is 10.4 Å². The Hall–Kier alpha value is -2.26. The maximum absolute atomic E-state index is 5.48. The van der Waals surface area contributed by atoms with Crippen molar-refractivity contribution in [3.8, 4) is 0 Å². The molecular formula is C24H31N5O2S. The Labute approximate surface area is 193 Å². The molecule has 0 radical (unpaired) electrons. The van der Waals surface area contributed by atoms with Crippen LogP contribution in [-0.2, 0) is 16.0 Å². The van der Waals surface area contributed by atoms with Crippen molar-refractivity contribution in [1.29, 1.82) is 0 Å². The van der Waals surface area contributed by atoms with E-state index in [1.54, 1.807) is 11.3 Å². The van der Waals surface area contributed by atoms with Crippen LogP contribution in [0.25, 0.3) is 10.2 Å². The molecule has 5 rings (SSSR count). The van der Waals surface area contributed by atoms with E-state index in [4.69, 9.17) is 19.4 Å². The Morgan fingerprint density at radius 1 is 0.969 bits per heavy atom. The average molecular weight is 454 g/mol. The number of nitrogens with one attached hydrogen (secondary N) is 2. The normalized spacial score (nSPS) is 18.2. The van der Waals surface area contributed by atoms with Crippen molar-refractivity contribution in [3.05, 3.63) is 40.5 Å². The van der Waals surface area contributed by atoms with E-state index in [0.717, 1.165) is 92.1 Å². The van der Waals surface area contributed by atoms with Crippen LogP contribution in [0, 0.1) is 13.8 Å². The fourth-order valence-electron chi connectivity index (χ4n) is 4.28. The van der Waals surface area contributed by atoms with E-state index in [-0.39, 0.29) is 0 Å². The van der Waals surface area contributed by atoms with Crippen molar-refractivity contribution in [1.82, 2.24) is 14.9 Å². The summed E-state index contributed by atoms with van der Waals surface area (Å²) in [5, 5.41) is 8.32. The number of fused-ring (bicyclic) bond motifs is 1. The summed E-state index contributed by atoms with van der Waals surface area (Å²) in [5.74, 6) is 1.76. The van der Waals surface area contributed by atoms with Gasteiger partial charge in [0.2, 0.25) is 0 Å². The van der Waals surface area contributed by atoms with Crippen LogP contribution < -0.4 is 10.6 Å². The third kappa shape index (κ3) is 4.88. The van der Waals surface area contributed by atoms with Gasteiger partial charge < -0.3 is 20.1 Å². The standard InChI is InChI=1S/C24H31N5O2S/c1-16-17(2)32-24-22(16)23(27-21(28-24)15-29-9-13-31-14-10-29)26-19-5-3-18(4-6-19)25-20-7-11-30-12-8-20/h3-6,20,25H,7-15H2,1-2H3,(H,26,27,28). The highest BCUT2D eigenvalue weighted by Crippen LogP contribution is 2.35. The lowest BCUT2D eigenvalue weighted by molar-refractivity contribution is 0.0331. The van der Waals surface area contributed by atoms with Crippen molar-refractivity contribution >= 4 is 38.7 Å². The molecule has 2 aliphatic rings. The fourth-order valence-corrected chi connectivity index (χ4v) is 5.33. The number of nitrogens with zero attached hydrogens (tertiary/aromatic N) is 3. The van der Waals surface area contributed by atoms with Gasteiger partial charge in [0.05, 0.1) is 25.1 Å². The molecule has 0 unspecified atom stereocenters. The Balaban J connectivity index is 1.37. The number of rotatable bonds is 6. The van der Waals surface area contributed by atoms with Crippen LogP contribution in [0.1, 0.15) is 29.1 Å². The van der Waals surface area contributed by atoms with E-state index in [2.05, 4.69) is 53.6 Å². The summed E-state index contributed by atoms with van der Waals surface area (Å²) < 4.78 is 10.9. The molecule has 0 spiro atoms. The van der Waals surface area contributed by atoms with E-state index in [0.29, 0.717) is 6.04 Å². The lowest BCUT2D eigenvalue weighted by Crippen LogP contribution is -2.36. The van der Waals surface area contributed by atoms with Gasteiger partial charge in [0, 0.05) is 48.6 Å². The number of ether oxygens (including phenoxy) is 2. The molecule has 170 valence electrons. The number of morpholine rings is 1. The van der Waals surface area contributed by atoms with Crippen LogP contribution in [0.5, 0.6) is 0 Å². The van der Waals surface area contributed by atoms with Crippen LogP contribution >= 0.6 is 11.3 Å². The smallest absolute Gasteiger partial charge is 0.146 e. The molecule has 4 heterocycles. The Bertz CT molecular complexity index is 1060. The first-order chi connectivity index (χ1) is 15.7. The van der Waals surface area contributed by atoms with Crippen LogP contribution in [0.15, 0.2) is 24.3 Å². The number of thiophene rings is 1. The van der Waals surface area contributed by atoms with Gasteiger partial charge in [0.1, 0.15) is 16.5 Å². The average Bonchev–Trinajstić information content (AvgIpc) is 3.10. The maximum atomic E-state index is 5.48. The van der Waals surface area contributed by atoms with Gasteiger partial charge in [-0.15, -0.1) is 11.3 Å². The van der Waals surface area contributed by atoms with Crippen molar-refractivity contribution in [2.45, 2.75) is 39.3 Å². The molecule has 1 aromatic carbocycles. The summed E-state index contributed by atoms with van der Waals surface area (Å²) in [6.45, 7) is 10.1. The molecule has 0 saturated carbocycles. The molecule has 2 aromatic heterocycles. The van der Waals surface area contributed by atoms with Gasteiger partial charge in [-0.2, -0.15) is 0 Å². The first-order valence-corrected chi connectivity index (χ1v) is 12.3. The lowest BCUT2D eigenvalue weighted by Gasteiger charge is -2.26. The summed E-state index contributed by atoms with van der Waals surface area (Å²) in [5.41, 5.74) is 3.43. The first-order valence-electron chi connectivity index (χ1n) is 11.4. The third-order valence-corrected chi connectivity index (χ3v) is 7.38. The molecule has 2 saturated heterocycles. The predicted octanol–water partition coefficient (Wildman–Crippen LogP) is 4.47. The highest BCUT2D eigenvalue weighted by Gasteiger charge is 2.18.